The van der Waals surface area contributed by atoms with Gasteiger partial charge in [-0.2, -0.15) is 5.10 Å². The van der Waals surface area contributed by atoms with Crippen molar-refractivity contribution in [3.63, 3.8) is 0 Å². The maximum atomic E-state index is 12.9. The van der Waals surface area contributed by atoms with Crippen LogP contribution in [0.3, 0.4) is 0 Å². The number of nitrogens with zero attached hydrogens (tertiary/aromatic N) is 1. The van der Waals surface area contributed by atoms with Crippen molar-refractivity contribution in [1.29, 1.82) is 0 Å². The molecule has 0 aliphatic heterocycles. The topological polar surface area (TPSA) is 55.0 Å². The van der Waals surface area contributed by atoms with Crippen molar-refractivity contribution in [3.8, 4) is 22.5 Å². The van der Waals surface area contributed by atoms with Crippen molar-refractivity contribution in [3.05, 3.63) is 66.0 Å². The number of benzene rings is 2. The number of aromatic nitrogens is 2. The second-order valence-corrected chi connectivity index (χ2v) is 4.74. The summed E-state index contributed by atoms with van der Waals surface area (Å²) in [5, 5.41) is 7.17. The maximum absolute atomic E-state index is 12.9. The minimum atomic E-state index is -0.374. The zero-order chi connectivity index (χ0) is 15.5. The second-order valence-electron chi connectivity index (χ2n) is 4.74. The third-order valence-corrected chi connectivity index (χ3v) is 3.33. The lowest BCUT2D eigenvalue weighted by molar-refractivity contribution is 0.0601. The van der Waals surface area contributed by atoms with Gasteiger partial charge in [-0.3, -0.25) is 5.10 Å². The fraction of sp³-hybridized carbons (Fsp3) is 0.0588. The predicted molar refractivity (Wildman–Crippen MR) is 80.8 cm³/mol. The molecule has 0 saturated carbocycles. The van der Waals surface area contributed by atoms with E-state index in [2.05, 4.69) is 14.9 Å². The molecule has 5 heteroatoms. The van der Waals surface area contributed by atoms with Crippen molar-refractivity contribution in [2.45, 2.75) is 0 Å². The van der Waals surface area contributed by atoms with Crippen molar-refractivity contribution in [1.82, 2.24) is 10.2 Å². The molecule has 1 aromatic heterocycles. The van der Waals surface area contributed by atoms with Gasteiger partial charge in [0.25, 0.3) is 0 Å². The maximum Gasteiger partial charge on any atom is 0.337 e. The van der Waals surface area contributed by atoms with E-state index in [4.69, 9.17) is 0 Å². The number of methoxy groups -OCH3 is 1. The van der Waals surface area contributed by atoms with Crippen LogP contribution in [0.4, 0.5) is 4.39 Å². The average Bonchev–Trinajstić information content (AvgIpc) is 3.05. The average molecular weight is 296 g/mol. The molecule has 22 heavy (non-hydrogen) atoms. The van der Waals surface area contributed by atoms with Gasteiger partial charge in [0.2, 0.25) is 0 Å². The Morgan fingerprint density at radius 3 is 2.32 bits per heavy atom. The summed E-state index contributed by atoms with van der Waals surface area (Å²) in [5.74, 6) is -0.650. The highest BCUT2D eigenvalue weighted by Crippen LogP contribution is 2.24. The molecule has 0 amide bonds. The molecule has 0 bridgehead atoms. The summed E-state index contributed by atoms with van der Waals surface area (Å²) in [6, 6.07) is 15.0. The number of carbonyl (C=O) groups excluding carboxylic acids is 1. The van der Waals surface area contributed by atoms with Crippen LogP contribution in [0.1, 0.15) is 10.4 Å². The lowest BCUT2D eigenvalue weighted by atomic mass is 10.1. The first-order valence-electron chi connectivity index (χ1n) is 6.67. The minimum Gasteiger partial charge on any atom is -0.465 e. The summed E-state index contributed by atoms with van der Waals surface area (Å²) in [4.78, 5) is 11.4. The van der Waals surface area contributed by atoms with E-state index in [9.17, 15) is 9.18 Å². The van der Waals surface area contributed by atoms with Gasteiger partial charge in [0.05, 0.1) is 24.1 Å². The molecule has 0 spiro atoms. The van der Waals surface area contributed by atoms with Gasteiger partial charge in [-0.05, 0) is 48.0 Å². The number of rotatable bonds is 3. The Bertz CT molecular complexity index is 792. The van der Waals surface area contributed by atoms with Crippen LogP contribution in [-0.2, 0) is 4.74 Å². The van der Waals surface area contributed by atoms with Gasteiger partial charge in [-0.1, -0.05) is 12.1 Å². The Hall–Kier alpha value is -2.95. The highest BCUT2D eigenvalue weighted by atomic mass is 19.1. The molecule has 0 aliphatic carbocycles. The van der Waals surface area contributed by atoms with Crippen LogP contribution in [-0.4, -0.2) is 23.3 Å². The summed E-state index contributed by atoms with van der Waals surface area (Å²) >= 11 is 0. The number of carbonyl (C=O) groups is 1. The molecule has 0 aliphatic rings. The van der Waals surface area contributed by atoms with Crippen molar-refractivity contribution >= 4 is 5.97 Å². The summed E-state index contributed by atoms with van der Waals surface area (Å²) in [5.41, 5.74) is 3.76. The molecule has 1 N–H and O–H groups in total. The monoisotopic (exact) mass is 296 g/mol. The first-order chi connectivity index (χ1) is 10.7. The number of H-pyrrole nitrogens is 1. The number of esters is 1. The fourth-order valence-electron chi connectivity index (χ4n) is 2.14. The van der Waals surface area contributed by atoms with Crippen LogP contribution in [0, 0.1) is 5.82 Å². The number of hydrogen-bond donors (Lipinski definition) is 1. The van der Waals surface area contributed by atoms with Crippen LogP contribution in [0.5, 0.6) is 0 Å². The number of aromatic amines is 1. The Balaban J connectivity index is 1.87. The highest BCUT2D eigenvalue weighted by molar-refractivity contribution is 5.89. The molecule has 2 aromatic carbocycles. The molecule has 110 valence electrons. The summed E-state index contributed by atoms with van der Waals surface area (Å²) < 4.78 is 17.6. The molecule has 0 fully saturated rings. The van der Waals surface area contributed by atoms with Crippen LogP contribution < -0.4 is 0 Å². The number of ether oxygens (including phenoxy) is 1. The fourth-order valence-corrected chi connectivity index (χ4v) is 2.14. The molecule has 0 saturated heterocycles. The molecule has 0 atom stereocenters. The first kappa shape index (κ1) is 14.0. The van der Waals surface area contributed by atoms with Crippen molar-refractivity contribution < 1.29 is 13.9 Å². The molecule has 1 heterocycles. The molecule has 3 aromatic rings. The van der Waals surface area contributed by atoms with Gasteiger partial charge in [0.15, 0.2) is 0 Å². The van der Waals surface area contributed by atoms with E-state index in [0.29, 0.717) is 5.56 Å². The SMILES string of the molecule is COC(=O)c1ccc(-c2cc(-c3ccc(F)cc3)[nH]n2)cc1. The molecule has 3 rings (SSSR count). The van der Waals surface area contributed by atoms with E-state index in [0.717, 1.165) is 22.5 Å². The van der Waals surface area contributed by atoms with Crippen LogP contribution in [0.2, 0.25) is 0 Å². The number of nitrogens with one attached hydrogen (secondary N) is 1. The van der Waals surface area contributed by atoms with Crippen molar-refractivity contribution in [2.24, 2.45) is 0 Å². The van der Waals surface area contributed by atoms with Crippen LogP contribution in [0.15, 0.2) is 54.6 Å². The summed E-state index contributed by atoms with van der Waals surface area (Å²) in [7, 11) is 1.35. The normalized spacial score (nSPS) is 10.5. The first-order valence-corrected chi connectivity index (χ1v) is 6.67. The van der Waals surface area contributed by atoms with Gasteiger partial charge >= 0.3 is 5.97 Å². The van der Waals surface area contributed by atoms with E-state index in [1.165, 1.54) is 19.2 Å². The number of halogens is 1. The van der Waals surface area contributed by atoms with Gasteiger partial charge < -0.3 is 4.74 Å². The zero-order valence-electron chi connectivity index (χ0n) is 11.8. The van der Waals surface area contributed by atoms with Crippen LogP contribution >= 0.6 is 0 Å². The largest absolute Gasteiger partial charge is 0.465 e. The third-order valence-electron chi connectivity index (χ3n) is 3.33. The van der Waals surface area contributed by atoms with Gasteiger partial charge in [0, 0.05) is 5.56 Å². The molecular weight excluding hydrogens is 283 g/mol. The predicted octanol–water partition coefficient (Wildman–Crippen LogP) is 3.67. The smallest absolute Gasteiger partial charge is 0.337 e. The minimum absolute atomic E-state index is 0.276. The molecular formula is C17H13FN2O2. The third kappa shape index (κ3) is 2.74. The molecule has 4 nitrogen and oxygen atoms in total. The van der Waals surface area contributed by atoms with Gasteiger partial charge in [-0.15, -0.1) is 0 Å². The Morgan fingerprint density at radius 2 is 1.68 bits per heavy atom. The van der Waals surface area contributed by atoms with Crippen molar-refractivity contribution in [2.75, 3.05) is 7.11 Å². The zero-order valence-corrected chi connectivity index (χ0v) is 11.8. The Kier molecular flexibility index (Phi) is 3.70. The summed E-state index contributed by atoms with van der Waals surface area (Å²) in [6.07, 6.45) is 0. The summed E-state index contributed by atoms with van der Waals surface area (Å²) in [6.45, 7) is 0. The lowest BCUT2D eigenvalue weighted by Gasteiger charge is -2.00. The second kappa shape index (κ2) is 5.81. The standard InChI is InChI=1S/C17H13FN2O2/c1-22-17(21)13-4-2-11(3-5-13)15-10-16(20-19-15)12-6-8-14(18)9-7-12/h2-10H,1H3,(H,19,20). The van der Waals surface area contributed by atoms with E-state index in [1.807, 2.05) is 6.07 Å². The van der Waals surface area contributed by atoms with E-state index < -0.39 is 0 Å². The van der Waals surface area contributed by atoms with Gasteiger partial charge in [-0.25, -0.2) is 9.18 Å². The lowest BCUT2D eigenvalue weighted by Crippen LogP contribution is -2.00. The molecule has 0 unspecified atom stereocenters. The molecule has 0 radical (unpaired) electrons. The van der Waals surface area contributed by atoms with E-state index in [-0.39, 0.29) is 11.8 Å². The van der Waals surface area contributed by atoms with E-state index in [1.54, 1.807) is 36.4 Å². The highest BCUT2D eigenvalue weighted by Gasteiger charge is 2.08. The van der Waals surface area contributed by atoms with Crippen LogP contribution in [0.25, 0.3) is 22.5 Å². The number of hydrogen-bond acceptors (Lipinski definition) is 3. The Labute approximate surface area is 126 Å². The quantitative estimate of drug-likeness (QED) is 0.750. The van der Waals surface area contributed by atoms with E-state index >= 15 is 0 Å². The Morgan fingerprint density at radius 1 is 1.05 bits per heavy atom. The van der Waals surface area contributed by atoms with Gasteiger partial charge in [0.1, 0.15) is 5.82 Å².